The molecule has 158 valence electrons. The van der Waals surface area contributed by atoms with Crippen LogP contribution in [0.3, 0.4) is 0 Å². The SMILES string of the molecule is COc1ccc(OC)c(C(C)NCc2ccc(S(=O)(=O)c3ccc(C)cc3)cc2)c1. The third kappa shape index (κ3) is 4.83. The van der Waals surface area contributed by atoms with Gasteiger partial charge in [0.1, 0.15) is 11.5 Å². The van der Waals surface area contributed by atoms with Crippen molar-refractivity contribution in [1.29, 1.82) is 0 Å². The lowest BCUT2D eigenvalue weighted by molar-refractivity contribution is 0.391. The van der Waals surface area contributed by atoms with Crippen molar-refractivity contribution >= 4 is 9.84 Å². The molecule has 6 heteroatoms. The van der Waals surface area contributed by atoms with Gasteiger partial charge in [0, 0.05) is 18.2 Å². The minimum atomic E-state index is -3.51. The summed E-state index contributed by atoms with van der Waals surface area (Å²) in [4.78, 5) is 0.593. The molecule has 0 amide bonds. The summed E-state index contributed by atoms with van der Waals surface area (Å²) in [7, 11) is -0.235. The Morgan fingerprint density at radius 2 is 1.47 bits per heavy atom. The molecule has 3 aromatic rings. The molecule has 0 spiro atoms. The Morgan fingerprint density at radius 1 is 0.867 bits per heavy atom. The van der Waals surface area contributed by atoms with E-state index in [1.807, 2.05) is 44.2 Å². The van der Waals surface area contributed by atoms with Gasteiger partial charge in [0.05, 0.1) is 24.0 Å². The van der Waals surface area contributed by atoms with Gasteiger partial charge in [-0.2, -0.15) is 0 Å². The predicted octanol–water partition coefficient (Wildman–Crippen LogP) is 4.70. The minimum absolute atomic E-state index is 0.0195. The van der Waals surface area contributed by atoms with Gasteiger partial charge in [-0.15, -0.1) is 0 Å². The molecule has 3 rings (SSSR count). The first kappa shape index (κ1) is 21.9. The highest BCUT2D eigenvalue weighted by atomic mass is 32.2. The van der Waals surface area contributed by atoms with Gasteiger partial charge in [0.2, 0.25) is 9.84 Å². The largest absolute Gasteiger partial charge is 0.497 e. The van der Waals surface area contributed by atoms with Crippen LogP contribution in [0.1, 0.15) is 29.7 Å². The van der Waals surface area contributed by atoms with E-state index in [2.05, 4.69) is 5.32 Å². The standard InChI is InChI=1S/C24H27NO4S/c1-17-5-10-21(11-6-17)30(26,27)22-12-7-19(8-13-22)16-25-18(2)23-15-20(28-3)9-14-24(23)29-4/h5-15,18,25H,16H2,1-4H3. The topological polar surface area (TPSA) is 64.6 Å². The highest BCUT2D eigenvalue weighted by molar-refractivity contribution is 7.91. The number of hydrogen-bond donors (Lipinski definition) is 1. The van der Waals surface area contributed by atoms with Crippen molar-refractivity contribution in [2.75, 3.05) is 14.2 Å². The molecule has 0 saturated heterocycles. The molecule has 0 saturated carbocycles. The smallest absolute Gasteiger partial charge is 0.206 e. The Kier molecular flexibility index (Phi) is 6.80. The molecule has 1 unspecified atom stereocenters. The zero-order valence-corrected chi connectivity index (χ0v) is 18.5. The van der Waals surface area contributed by atoms with E-state index < -0.39 is 9.84 Å². The van der Waals surface area contributed by atoms with Crippen molar-refractivity contribution in [2.24, 2.45) is 0 Å². The first-order chi connectivity index (χ1) is 14.3. The summed E-state index contributed by atoms with van der Waals surface area (Å²) < 4.78 is 36.4. The van der Waals surface area contributed by atoms with Gasteiger partial charge in [-0.25, -0.2) is 8.42 Å². The van der Waals surface area contributed by atoms with Crippen LogP contribution < -0.4 is 14.8 Å². The molecule has 3 aromatic carbocycles. The van der Waals surface area contributed by atoms with Gasteiger partial charge in [-0.05, 0) is 61.9 Å². The van der Waals surface area contributed by atoms with Gasteiger partial charge < -0.3 is 14.8 Å². The summed E-state index contributed by atoms with van der Waals surface area (Å²) >= 11 is 0. The Morgan fingerprint density at radius 3 is 2.03 bits per heavy atom. The van der Waals surface area contributed by atoms with Crippen LogP contribution in [0, 0.1) is 6.92 Å². The summed E-state index contributed by atoms with van der Waals surface area (Å²) in [5.74, 6) is 1.56. The number of hydrogen-bond acceptors (Lipinski definition) is 5. The Balaban J connectivity index is 1.71. The molecule has 30 heavy (non-hydrogen) atoms. The Bertz CT molecular complexity index is 1090. The number of aryl methyl sites for hydroxylation is 1. The summed E-state index contributed by atoms with van der Waals surface area (Å²) in [6, 6.07) is 19.6. The first-order valence-electron chi connectivity index (χ1n) is 9.71. The summed E-state index contributed by atoms with van der Waals surface area (Å²) in [5.41, 5.74) is 3.01. The third-order valence-corrected chi connectivity index (χ3v) is 6.87. The molecule has 0 bridgehead atoms. The maximum atomic E-state index is 12.8. The van der Waals surface area contributed by atoms with Crippen LogP contribution in [0.15, 0.2) is 76.5 Å². The molecule has 0 fully saturated rings. The van der Waals surface area contributed by atoms with E-state index in [1.54, 1.807) is 50.6 Å². The van der Waals surface area contributed by atoms with E-state index in [9.17, 15) is 8.42 Å². The van der Waals surface area contributed by atoms with Crippen LogP contribution in [-0.4, -0.2) is 22.6 Å². The minimum Gasteiger partial charge on any atom is -0.497 e. The summed E-state index contributed by atoms with van der Waals surface area (Å²) in [6.07, 6.45) is 0. The molecule has 1 atom stereocenters. The number of nitrogens with one attached hydrogen (secondary N) is 1. The average Bonchev–Trinajstić information content (AvgIpc) is 2.77. The molecular formula is C24H27NO4S. The fourth-order valence-electron chi connectivity index (χ4n) is 3.20. The van der Waals surface area contributed by atoms with E-state index in [-0.39, 0.29) is 10.9 Å². The summed E-state index contributed by atoms with van der Waals surface area (Å²) in [6.45, 7) is 4.57. The van der Waals surface area contributed by atoms with Crippen LogP contribution in [0.2, 0.25) is 0 Å². The Labute approximate surface area is 178 Å². The zero-order valence-electron chi connectivity index (χ0n) is 17.7. The Hall–Kier alpha value is -2.83. The molecule has 0 heterocycles. The van der Waals surface area contributed by atoms with Crippen molar-refractivity contribution in [2.45, 2.75) is 36.2 Å². The van der Waals surface area contributed by atoms with Crippen molar-refractivity contribution in [3.8, 4) is 11.5 Å². The lowest BCUT2D eigenvalue weighted by Gasteiger charge is -2.18. The quantitative estimate of drug-likeness (QED) is 0.567. The van der Waals surface area contributed by atoms with Gasteiger partial charge in [0.25, 0.3) is 0 Å². The van der Waals surface area contributed by atoms with Crippen molar-refractivity contribution in [3.05, 3.63) is 83.4 Å². The first-order valence-corrected chi connectivity index (χ1v) is 11.2. The highest BCUT2D eigenvalue weighted by Crippen LogP contribution is 2.29. The van der Waals surface area contributed by atoms with Crippen LogP contribution in [0.5, 0.6) is 11.5 Å². The van der Waals surface area contributed by atoms with Crippen molar-refractivity contribution < 1.29 is 17.9 Å². The zero-order chi connectivity index (χ0) is 21.7. The fourth-order valence-corrected chi connectivity index (χ4v) is 4.46. The van der Waals surface area contributed by atoms with Gasteiger partial charge in [-0.1, -0.05) is 29.8 Å². The van der Waals surface area contributed by atoms with Gasteiger partial charge >= 0.3 is 0 Å². The maximum absolute atomic E-state index is 12.8. The second-order valence-corrected chi connectivity index (χ2v) is 9.12. The van der Waals surface area contributed by atoms with Crippen LogP contribution in [-0.2, 0) is 16.4 Å². The molecule has 0 aliphatic carbocycles. The lowest BCUT2D eigenvalue weighted by atomic mass is 10.1. The van der Waals surface area contributed by atoms with Gasteiger partial charge in [-0.3, -0.25) is 0 Å². The maximum Gasteiger partial charge on any atom is 0.206 e. The second-order valence-electron chi connectivity index (χ2n) is 7.17. The molecular weight excluding hydrogens is 398 g/mol. The number of rotatable bonds is 8. The molecule has 0 radical (unpaired) electrons. The van der Waals surface area contributed by atoms with Crippen molar-refractivity contribution in [1.82, 2.24) is 5.32 Å². The molecule has 0 aliphatic heterocycles. The van der Waals surface area contributed by atoms with Crippen molar-refractivity contribution in [3.63, 3.8) is 0 Å². The predicted molar refractivity (Wildman–Crippen MR) is 118 cm³/mol. The van der Waals surface area contributed by atoms with Gasteiger partial charge in [0.15, 0.2) is 0 Å². The number of sulfone groups is 1. The molecule has 1 N–H and O–H groups in total. The molecule has 5 nitrogen and oxygen atoms in total. The molecule has 0 aromatic heterocycles. The highest BCUT2D eigenvalue weighted by Gasteiger charge is 2.17. The molecule has 0 aliphatic rings. The second kappa shape index (κ2) is 9.32. The summed E-state index contributed by atoms with van der Waals surface area (Å²) in [5, 5.41) is 3.45. The number of ether oxygens (including phenoxy) is 2. The normalized spacial score (nSPS) is 12.4. The van der Waals surface area contributed by atoms with E-state index in [4.69, 9.17) is 9.47 Å². The third-order valence-electron chi connectivity index (χ3n) is 5.08. The van der Waals surface area contributed by atoms with E-state index in [0.29, 0.717) is 11.4 Å². The fraction of sp³-hybridized carbons (Fsp3) is 0.250. The average molecular weight is 426 g/mol. The monoisotopic (exact) mass is 425 g/mol. The number of benzene rings is 3. The lowest BCUT2D eigenvalue weighted by Crippen LogP contribution is -2.19. The van der Waals surface area contributed by atoms with Crippen LogP contribution >= 0.6 is 0 Å². The van der Waals surface area contributed by atoms with E-state index >= 15 is 0 Å². The van der Waals surface area contributed by atoms with E-state index in [1.165, 1.54) is 0 Å². The van der Waals surface area contributed by atoms with Crippen LogP contribution in [0.4, 0.5) is 0 Å². The van der Waals surface area contributed by atoms with E-state index in [0.717, 1.165) is 28.2 Å². The van der Waals surface area contributed by atoms with Crippen LogP contribution in [0.25, 0.3) is 0 Å². The number of methoxy groups -OCH3 is 2.